The Hall–Kier alpha value is -1.27. The van der Waals surface area contributed by atoms with Crippen molar-refractivity contribution < 1.29 is 9.53 Å². The van der Waals surface area contributed by atoms with Crippen LogP contribution in [0, 0.1) is 0 Å². The summed E-state index contributed by atoms with van der Waals surface area (Å²) in [4.78, 5) is 15.2. The first-order valence-corrected chi connectivity index (χ1v) is 5.80. The predicted molar refractivity (Wildman–Crippen MR) is 64.4 cm³/mol. The molecule has 0 unspecified atom stereocenters. The van der Waals surface area contributed by atoms with E-state index in [1.54, 1.807) is 13.2 Å². The topological polar surface area (TPSA) is 91.2 Å². The first kappa shape index (κ1) is 12.8. The van der Waals surface area contributed by atoms with Crippen LogP contribution in [0.4, 0.5) is 5.69 Å². The third-order valence-corrected chi connectivity index (χ3v) is 2.96. The van der Waals surface area contributed by atoms with Gasteiger partial charge >= 0.3 is 0 Å². The summed E-state index contributed by atoms with van der Waals surface area (Å²) in [6.07, 6.45) is 2.41. The maximum absolute atomic E-state index is 11.2. The molecule has 4 N–H and O–H groups in total. The highest BCUT2D eigenvalue weighted by Crippen LogP contribution is 2.22. The Kier molecular flexibility index (Phi) is 5.07. The molecule has 1 rings (SSSR count). The van der Waals surface area contributed by atoms with E-state index >= 15 is 0 Å². The number of anilines is 1. The molecule has 0 aliphatic carbocycles. The van der Waals surface area contributed by atoms with Gasteiger partial charge in [-0.2, -0.15) is 0 Å². The van der Waals surface area contributed by atoms with E-state index in [-0.39, 0.29) is 0 Å². The number of aromatic nitrogens is 1. The van der Waals surface area contributed by atoms with Crippen LogP contribution in [0.1, 0.15) is 16.8 Å². The minimum absolute atomic E-state index is 0.377. The van der Waals surface area contributed by atoms with Gasteiger partial charge in [-0.15, -0.1) is 11.8 Å². The van der Waals surface area contributed by atoms with Gasteiger partial charge in [-0.3, -0.25) is 4.79 Å². The van der Waals surface area contributed by atoms with Crippen molar-refractivity contribution in [2.24, 2.45) is 5.73 Å². The summed E-state index contributed by atoms with van der Waals surface area (Å²) in [5, 5.41) is 0.623. The van der Waals surface area contributed by atoms with Crippen molar-refractivity contribution in [1.29, 1.82) is 0 Å². The fourth-order valence-corrected chi connectivity index (χ4v) is 2.03. The molecule has 1 aromatic heterocycles. The maximum atomic E-state index is 11.2. The lowest BCUT2D eigenvalue weighted by Crippen LogP contribution is -2.13. The Bertz CT molecular complexity index is 371. The number of nitrogens with zero attached hydrogens (tertiary/aromatic N) is 1. The second-order valence-electron chi connectivity index (χ2n) is 3.18. The normalized spacial score (nSPS) is 10.3. The second-order valence-corrected chi connectivity index (χ2v) is 4.26. The van der Waals surface area contributed by atoms with E-state index in [4.69, 9.17) is 16.2 Å². The van der Waals surface area contributed by atoms with Crippen molar-refractivity contribution in [3.8, 4) is 0 Å². The first-order valence-electron chi connectivity index (χ1n) is 4.82. The minimum atomic E-state index is -0.506. The van der Waals surface area contributed by atoms with Gasteiger partial charge in [0.2, 0.25) is 0 Å². The Labute approximate surface area is 98.6 Å². The average Bonchev–Trinajstić information content (AvgIpc) is 2.26. The van der Waals surface area contributed by atoms with Gasteiger partial charge in [-0.1, -0.05) is 0 Å². The number of pyridine rings is 1. The monoisotopic (exact) mass is 241 g/mol. The highest BCUT2D eigenvalue weighted by atomic mass is 32.2. The van der Waals surface area contributed by atoms with Crippen LogP contribution in [-0.2, 0) is 4.74 Å². The third kappa shape index (κ3) is 3.71. The van der Waals surface area contributed by atoms with Crippen molar-refractivity contribution in [2.75, 3.05) is 25.2 Å². The largest absolute Gasteiger partial charge is 0.397 e. The highest BCUT2D eigenvalue weighted by molar-refractivity contribution is 7.99. The predicted octanol–water partition coefficient (Wildman–Crippen LogP) is 0.891. The number of nitrogen functional groups attached to an aromatic ring is 1. The zero-order valence-electron chi connectivity index (χ0n) is 9.10. The molecule has 1 heterocycles. The maximum Gasteiger partial charge on any atom is 0.251 e. The number of carbonyl (C=O) groups excluding carboxylic acids is 1. The van der Waals surface area contributed by atoms with Gasteiger partial charge in [0, 0.05) is 19.5 Å². The molecule has 1 aromatic rings. The molecule has 0 fully saturated rings. The molecule has 0 atom stereocenters. The van der Waals surface area contributed by atoms with Gasteiger partial charge in [-0.05, 0) is 12.5 Å². The molecule has 88 valence electrons. The number of thioether (sulfide) groups is 1. The lowest BCUT2D eigenvalue weighted by atomic mass is 10.2. The Morgan fingerprint density at radius 3 is 3.00 bits per heavy atom. The smallest absolute Gasteiger partial charge is 0.251 e. The molecular formula is C10H15N3O2S. The molecule has 16 heavy (non-hydrogen) atoms. The van der Waals surface area contributed by atoms with Gasteiger partial charge in [0.05, 0.1) is 17.4 Å². The standard InChI is InChI=1S/C10H15N3O2S/c1-15-3-2-4-16-10-8(9(12)14)5-7(11)6-13-10/h5-6H,2-4,11H2,1H3,(H2,12,14). The minimum Gasteiger partial charge on any atom is -0.397 e. The third-order valence-electron chi connectivity index (χ3n) is 1.87. The highest BCUT2D eigenvalue weighted by Gasteiger charge is 2.10. The number of primary amides is 1. The lowest BCUT2D eigenvalue weighted by Gasteiger charge is -2.05. The first-order chi connectivity index (χ1) is 7.65. The fraction of sp³-hybridized carbons (Fsp3) is 0.400. The molecule has 0 aromatic carbocycles. The van der Waals surface area contributed by atoms with Crippen LogP contribution in [0.5, 0.6) is 0 Å². The van der Waals surface area contributed by atoms with Crippen molar-refractivity contribution in [3.05, 3.63) is 17.8 Å². The van der Waals surface area contributed by atoms with E-state index in [1.807, 2.05) is 0 Å². The van der Waals surface area contributed by atoms with Crippen LogP contribution in [0.2, 0.25) is 0 Å². The number of rotatable bonds is 6. The van der Waals surface area contributed by atoms with Crippen LogP contribution >= 0.6 is 11.8 Å². The number of methoxy groups -OCH3 is 1. The number of ether oxygens (including phenoxy) is 1. The molecule has 1 amide bonds. The number of amides is 1. The summed E-state index contributed by atoms with van der Waals surface area (Å²) in [5.41, 5.74) is 11.6. The van der Waals surface area contributed by atoms with Crippen LogP contribution in [0.15, 0.2) is 17.3 Å². The number of carbonyl (C=O) groups is 1. The van der Waals surface area contributed by atoms with Crippen molar-refractivity contribution >= 4 is 23.4 Å². The van der Waals surface area contributed by atoms with Crippen LogP contribution in [0.25, 0.3) is 0 Å². The summed E-state index contributed by atoms with van der Waals surface area (Å²) in [6, 6.07) is 1.55. The van der Waals surface area contributed by atoms with E-state index in [2.05, 4.69) is 4.98 Å². The van der Waals surface area contributed by atoms with Crippen LogP contribution in [0.3, 0.4) is 0 Å². The quantitative estimate of drug-likeness (QED) is 0.570. The van der Waals surface area contributed by atoms with Crippen molar-refractivity contribution in [1.82, 2.24) is 4.98 Å². The van der Waals surface area contributed by atoms with Crippen molar-refractivity contribution in [3.63, 3.8) is 0 Å². The van der Waals surface area contributed by atoms with Crippen LogP contribution in [-0.4, -0.2) is 30.4 Å². The van der Waals surface area contributed by atoms with Gasteiger partial charge in [-0.25, -0.2) is 4.98 Å². The molecule has 0 bridgehead atoms. The Morgan fingerprint density at radius 1 is 1.62 bits per heavy atom. The molecular weight excluding hydrogens is 226 g/mol. The molecule has 0 aliphatic heterocycles. The van der Waals surface area contributed by atoms with Gasteiger partial charge in [0.1, 0.15) is 5.03 Å². The van der Waals surface area contributed by atoms with Gasteiger partial charge in [0.15, 0.2) is 0 Å². The average molecular weight is 241 g/mol. The van der Waals surface area contributed by atoms with Gasteiger partial charge in [0.25, 0.3) is 5.91 Å². The number of hydrogen-bond donors (Lipinski definition) is 2. The second kappa shape index (κ2) is 6.34. The lowest BCUT2D eigenvalue weighted by molar-refractivity contribution is 0.0997. The molecule has 0 saturated carbocycles. The molecule has 0 radical (unpaired) electrons. The zero-order valence-corrected chi connectivity index (χ0v) is 9.92. The molecule has 0 saturated heterocycles. The van der Waals surface area contributed by atoms with E-state index in [9.17, 15) is 4.79 Å². The van der Waals surface area contributed by atoms with E-state index in [0.29, 0.717) is 22.9 Å². The fourth-order valence-electron chi connectivity index (χ4n) is 1.13. The summed E-state index contributed by atoms with van der Waals surface area (Å²) < 4.78 is 4.93. The number of nitrogens with two attached hydrogens (primary N) is 2. The van der Waals surface area contributed by atoms with Crippen LogP contribution < -0.4 is 11.5 Å². The Morgan fingerprint density at radius 2 is 2.38 bits per heavy atom. The summed E-state index contributed by atoms with van der Waals surface area (Å²) >= 11 is 1.48. The molecule has 0 aliphatic rings. The molecule has 6 heteroatoms. The summed E-state index contributed by atoms with van der Waals surface area (Å²) in [6.45, 7) is 0.688. The van der Waals surface area contributed by atoms with E-state index in [0.717, 1.165) is 12.2 Å². The van der Waals surface area contributed by atoms with Gasteiger partial charge < -0.3 is 16.2 Å². The summed E-state index contributed by atoms with van der Waals surface area (Å²) in [5.74, 6) is 0.319. The SMILES string of the molecule is COCCCSc1ncc(N)cc1C(N)=O. The van der Waals surface area contributed by atoms with Crippen molar-refractivity contribution in [2.45, 2.75) is 11.4 Å². The zero-order chi connectivity index (χ0) is 12.0. The molecule has 0 spiro atoms. The van der Waals surface area contributed by atoms with E-state index < -0.39 is 5.91 Å². The summed E-state index contributed by atoms with van der Waals surface area (Å²) in [7, 11) is 1.65. The molecule has 5 nitrogen and oxygen atoms in total. The van der Waals surface area contributed by atoms with E-state index in [1.165, 1.54) is 18.0 Å². The number of hydrogen-bond acceptors (Lipinski definition) is 5. The Balaban J connectivity index is 2.67.